The summed E-state index contributed by atoms with van der Waals surface area (Å²) in [6, 6.07) is 0. The minimum atomic E-state index is -0.369. The number of amides is 1. The van der Waals surface area contributed by atoms with Gasteiger partial charge in [-0.25, -0.2) is 0 Å². The second-order valence-electron chi connectivity index (χ2n) is 4.52. The molecule has 0 bridgehead atoms. The van der Waals surface area contributed by atoms with Crippen molar-refractivity contribution in [3.8, 4) is 0 Å². The van der Waals surface area contributed by atoms with Gasteiger partial charge < -0.3 is 9.64 Å². The molecular weight excluding hydrogens is 230 g/mol. The SMILES string of the molecule is CCO[C@@H](C)C(=O)N(C)CCc1c(C)n[nH]c1C. The predicted octanol–water partition coefficient (Wildman–Crippen LogP) is 1.45. The van der Waals surface area contributed by atoms with Gasteiger partial charge in [0.1, 0.15) is 6.10 Å². The van der Waals surface area contributed by atoms with Gasteiger partial charge in [0.25, 0.3) is 5.91 Å². The summed E-state index contributed by atoms with van der Waals surface area (Å²) in [4.78, 5) is 13.7. The number of H-pyrrole nitrogens is 1. The van der Waals surface area contributed by atoms with Crippen molar-refractivity contribution in [1.82, 2.24) is 15.1 Å². The fourth-order valence-electron chi connectivity index (χ4n) is 1.96. The van der Waals surface area contributed by atoms with Crippen LogP contribution < -0.4 is 0 Å². The summed E-state index contributed by atoms with van der Waals surface area (Å²) in [5, 5.41) is 7.11. The first-order chi connectivity index (χ1) is 8.47. The highest BCUT2D eigenvalue weighted by Gasteiger charge is 2.18. The Morgan fingerprint density at radius 1 is 1.50 bits per heavy atom. The van der Waals surface area contributed by atoms with Crippen molar-refractivity contribution >= 4 is 5.91 Å². The summed E-state index contributed by atoms with van der Waals surface area (Å²) in [5.74, 6) is 0.0238. The number of carbonyl (C=O) groups is 1. The summed E-state index contributed by atoms with van der Waals surface area (Å²) in [7, 11) is 1.81. The lowest BCUT2D eigenvalue weighted by molar-refractivity contribution is -0.140. The van der Waals surface area contributed by atoms with Gasteiger partial charge in [-0.15, -0.1) is 0 Å². The molecule has 0 aliphatic carbocycles. The minimum absolute atomic E-state index is 0.0238. The normalized spacial score (nSPS) is 12.5. The molecule has 0 aliphatic rings. The first-order valence-corrected chi connectivity index (χ1v) is 6.34. The molecule has 102 valence electrons. The lowest BCUT2D eigenvalue weighted by Gasteiger charge is -2.21. The van der Waals surface area contributed by atoms with E-state index in [1.165, 1.54) is 5.56 Å². The van der Waals surface area contributed by atoms with Crippen molar-refractivity contribution < 1.29 is 9.53 Å². The molecule has 1 aromatic rings. The van der Waals surface area contributed by atoms with Crippen molar-refractivity contribution in [3.05, 3.63) is 17.0 Å². The lowest BCUT2D eigenvalue weighted by atomic mass is 10.1. The number of likely N-dealkylation sites (N-methyl/N-ethyl adjacent to an activating group) is 1. The molecule has 5 heteroatoms. The summed E-state index contributed by atoms with van der Waals surface area (Å²) in [5.41, 5.74) is 3.27. The molecule has 0 saturated heterocycles. The Bertz CT molecular complexity index is 381. The first-order valence-electron chi connectivity index (χ1n) is 6.34. The van der Waals surface area contributed by atoms with Gasteiger partial charge in [0, 0.05) is 25.9 Å². The van der Waals surface area contributed by atoms with Crippen LogP contribution in [0.2, 0.25) is 0 Å². The Kier molecular flexibility index (Phi) is 5.34. The quantitative estimate of drug-likeness (QED) is 0.835. The molecule has 1 rings (SSSR count). The number of aromatic nitrogens is 2. The van der Waals surface area contributed by atoms with E-state index in [1.54, 1.807) is 11.8 Å². The Hall–Kier alpha value is -1.36. The third-order valence-electron chi connectivity index (χ3n) is 3.12. The van der Waals surface area contributed by atoms with Crippen LogP contribution in [0, 0.1) is 13.8 Å². The van der Waals surface area contributed by atoms with Gasteiger partial charge in [-0.05, 0) is 39.7 Å². The summed E-state index contributed by atoms with van der Waals surface area (Å²) >= 11 is 0. The van der Waals surface area contributed by atoms with Crippen LogP contribution in [0.5, 0.6) is 0 Å². The number of aryl methyl sites for hydroxylation is 2. The van der Waals surface area contributed by atoms with Crippen LogP contribution in [0.3, 0.4) is 0 Å². The topological polar surface area (TPSA) is 58.2 Å². The molecule has 0 aliphatic heterocycles. The number of rotatable bonds is 6. The average molecular weight is 253 g/mol. The second kappa shape index (κ2) is 6.54. The van der Waals surface area contributed by atoms with Crippen LogP contribution in [0.4, 0.5) is 0 Å². The number of hydrogen-bond acceptors (Lipinski definition) is 3. The highest BCUT2D eigenvalue weighted by Crippen LogP contribution is 2.10. The number of hydrogen-bond donors (Lipinski definition) is 1. The molecule has 1 amide bonds. The first kappa shape index (κ1) is 14.7. The van der Waals surface area contributed by atoms with Gasteiger partial charge in [0.05, 0.1) is 5.69 Å². The van der Waals surface area contributed by atoms with Gasteiger partial charge in [-0.3, -0.25) is 9.89 Å². The zero-order valence-electron chi connectivity index (χ0n) is 11.9. The third-order valence-corrected chi connectivity index (χ3v) is 3.12. The van der Waals surface area contributed by atoms with Crippen molar-refractivity contribution in [2.24, 2.45) is 0 Å². The molecule has 5 nitrogen and oxygen atoms in total. The molecule has 0 radical (unpaired) electrons. The average Bonchev–Trinajstić information content (AvgIpc) is 2.65. The summed E-state index contributed by atoms with van der Waals surface area (Å²) < 4.78 is 5.30. The maximum absolute atomic E-state index is 11.9. The van der Waals surface area contributed by atoms with E-state index < -0.39 is 0 Å². The predicted molar refractivity (Wildman–Crippen MR) is 70.5 cm³/mol. The molecular formula is C13H23N3O2. The van der Waals surface area contributed by atoms with Crippen LogP contribution in [-0.2, 0) is 16.0 Å². The zero-order chi connectivity index (χ0) is 13.7. The van der Waals surface area contributed by atoms with Crippen molar-refractivity contribution in [1.29, 1.82) is 0 Å². The van der Waals surface area contributed by atoms with Crippen LogP contribution in [0.15, 0.2) is 0 Å². The van der Waals surface area contributed by atoms with E-state index in [0.29, 0.717) is 13.2 Å². The van der Waals surface area contributed by atoms with E-state index >= 15 is 0 Å². The third kappa shape index (κ3) is 3.57. The number of ether oxygens (including phenoxy) is 1. The number of nitrogens with zero attached hydrogens (tertiary/aromatic N) is 2. The van der Waals surface area contributed by atoms with Crippen molar-refractivity contribution in [2.75, 3.05) is 20.2 Å². The van der Waals surface area contributed by atoms with E-state index in [1.807, 2.05) is 27.8 Å². The van der Waals surface area contributed by atoms with Crippen molar-refractivity contribution in [2.45, 2.75) is 40.2 Å². The van der Waals surface area contributed by atoms with Crippen LogP contribution >= 0.6 is 0 Å². The Labute approximate surface area is 109 Å². The molecule has 1 heterocycles. The highest BCUT2D eigenvalue weighted by atomic mass is 16.5. The van der Waals surface area contributed by atoms with Crippen LogP contribution in [0.1, 0.15) is 30.8 Å². The van der Waals surface area contributed by atoms with Gasteiger partial charge in [0.2, 0.25) is 0 Å². The Morgan fingerprint density at radius 2 is 2.17 bits per heavy atom. The van der Waals surface area contributed by atoms with Gasteiger partial charge in [-0.1, -0.05) is 0 Å². The number of carbonyl (C=O) groups excluding carboxylic acids is 1. The number of nitrogens with one attached hydrogen (secondary N) is 1. The maximum Gasteiger partial charge on any atom is 0.251 e. The maximum atomic E-state index is 11.9. The Morgan fingerprint density at radius 3 is 2.67 bits per heavy atom. The van der Waals surface area contributed by atoms with Crippen molar-refractivity contribution in [3.63, 3.8) is 0 Å². The fourth-order valence-corrected chi connectivity index (χ4v) is 1.96. The van der Waals surface area contributed by atoms with Gasteiger partial charge in [0.15, 0.2) is 0 Å². The smallest absolute Gasteiger partial charge is 0.251 e. The molecule has 0 aromatic carbocycles. The minimum Gasteiger partial charge on any atom is -0.369 e. The standard InChI is InChI=1S/C13H23N3O2/c1-6-18-11(4)13(17)16(5)8-7-12-9(2)14-15-10(12)3/h11H,6-8H2,1-5H3,(H,14,15)/t11-/m0/s1. The number of aromatic amines is 1. The fraction of sp³-hybridized carbons (Fsp3) is 0.692. The molecule has 0 unspecified atom stereocenters. The van der Waals surface area contributed by atoms with Gasteiger partial charge >= 0.3 is 0 Å². The second-order valence-corrected chi connectivity index (χ2v) is 4.52. The molecule has 1 N–H and O–H groups in total. The van der Waals surface area contributed by atoms with E-state index in [2.05, 4.69) is 10.2 Å². The largest absolute Gasteiger partial charge is 0.369 e. The molecule has 1 aromatic heterocycles. The monoisotopic (exact) mass is 253 g/mol. The van der Waals surface area contributed by atoms with E-state index in [-0.39, 0.29) is 12.0 Å². The highest BCUT2D eigenvalue weighted by molar-refractivity contribution is 5.80. The van der Waals surface area contributed by atoms with Crippen LogP contribution in [-0.4, -0.2) is 47.3 Å². The molecule has 0 spiro atoms. The summed E-state index contributed by atoms with van der Waals surface area (Å²) in [6.45, 7) is 8.89. The van der Waals surface area contributed by atoms with Gasteiger partial charge in [-0.2, -0.15) is 5.10 Å². The summed E-state index contributed by atoms with van der Waals surface area (Å²) in [6.07, 6.45) is 0.446. The molecule has 0 saturated carbocycles. The lowest BCUT2D eigenvalue weighted by Crippen LogP contribution is -2.37. The van der Waals surface area contributed by atoms with E-state index in [4.69, 9.17) is 4.74 Å². The van der Waals surface area contributed by atoms with Crippen LogP contribution in [0.25, 0.3) is 0 Å². The Balaban J connectivity index is 2.51. The zero-order valence-corrected chi connectivity index (χ0v) is 11.9. The molecule has 18 heavy (non-hydrogen) atoms. The van der Waals surface area contributed by atoms with E-state index in [9.17, 15) is 4.79 Å². The molecule has 1 atom stereocenters. The molecule has 0 fully saturated rings. The van der Waals surface area contributed by atoms with E-state index in [0.717, 1.165) is 17.8 Å².